The van der Waals surface area contributed by atoms with Gasteiger partial charge in [0.25, 0.3) is 5.91 Å². The number of aryl methyl sites for hydroxylation is 1. The first-order valence-corrected chi connectivity index (χ1v) is 6.14. The fourth-order valence-corrected chi connectivity index (χ4v) is 1.73. The number of hydrogen-bond acceptors (Lipinski definition) is 2. The summed E-state index contributed by atoms with van der Waals surface area (Å²) in [6.45, 7) is 0.484. The van der Waals surface area contributed by atoms with E-state index in [0.717, 1.165) is 11.1 Å². The fourth-order valence-electron chi connectivity index (χ4n) is 1.56. The number of benzene rings is 1. The summed E-state index contributed by atoms with van der Waals surface area (Å²) in [4.78, 5) is 11.7. The lowest BCUT2D eigenvalue weighted by atomic mass is 10.1. The Morgan fingerprint density at radius 3 is 2.50 bits per heavy atom. The lowest BCUT2D eigenvalue weighted by Gasteiger charge is -2.04. The highest BCUT2D eigenvalue weighted by Crippen LogP contribution is 2.06. The maximum absolute atomic E-state index is 11.7. The van der Waals surface area contributed by atoms with Gasteiger partial charge in [0, 0.05) is 25.7 Å². The lowest BCUT2D eigenvalue weighted by molar-refractivity contribution is 0.0945. The van der Waals surface area contributed by atoms with Crippen molar-refractivity contribution in [3.05, 3.63) is 53.3 Å². The molecule has 4 nitrogen and oxygen atoms in total. The molecular formula is C13H14ClN3O. The monoisotopic (exact) mass is 263 g/mol. The van der Waals surface area contributed by atoms with Gasteiger partial charge in [0.15, 0.2) is 0 Å². The molecule has 0 radical (unpaired) electrons. The quantitative estimate of drug-likeness (QED) is 0.859. The van der Waals surface area contributed by atoms with E-state index in [2.05, 4.69) is 10.4 Å². The van der Waals surface area contributed by atoms with Crippen LogP contribution in [0.15, 0.2) is 36.5 Å². The Labute approximate surface area is 111 Å². The van der Waals surface area contributed by atoms with E-state index in [1.807, 2.05) is 24.3 Å². The second kappa shape index (κ2) is 5.69. The van der Waals surface area contributed by atoms with Crippen molar-refractivity contribution < 1.29 is 4.79 Å². The summed E-state index contributed by atoms with van der Waals surface area (Å²) in [6.07, 6.45) is 1.74. The van der Waals surface area contributed by atoms with Crippen LogP contribution in [0.2, 0.25) is 0 Å². The van der Waals surface area contributed by atoms with E-state index in [1.165, 1.54) is 0 Å². The second-order valence-corrected chi connectivity index (χ2v) is 4.27. The highest BCUT2D eigenvalue weighted by atomic mass is 35.5. The first-order chi connectivity index (χ1) is 8.69. The van der Waals surface area contributed by atoms with Crippen LogP contribution < -0.4 is 5.32 Å². The number of carbonyl (C=O) groups excluding carboxylic acids is 1. The predicted octanol–water partition coefficient (Wildman–Crippen LogP) is 2.09. The first-order valence-electron chi connectivity index (χ1n) is 5.60. The number of nitrogens with one attached hydrogen (secondary N) is 1. The van der Waals surface area contributed by atoms with E-state index in [0.29, 0.717) is 18.1 Å². The first kappa shape index (κ1) is 12.6. The van der Waals surface area contributed by atoms with E-state index < -0.39 is 0 Å². The summed E-state index contributed by atoms with van der Waals surface area (Å²) >= 11 is 5.71. The molecule has 0 aliphatic rings. The van der Waals surface area contributed by atoms with Crippen LogP contribution in [-0.4, -0.2) is 15.7 Å². The molecule has 0 atom stereocenters. The maximum atomic E-state index is 11.7. The molecule has 1 aromatic carbocycles. The van der Waals surface area contributed by atoms with Crippen LogP contribution >= 0.6 is 11.6 Å². The predicted molar refractivity (Wildman–Crippen MR) is 70.4 cm³/mol. The summed E-state index contributed by atoms with van der Waals surface area (Å²) in [6, 6.07) is 9.50. The minimum absolute atomic E-state index is 0.169. The Kier molecular flexibility index (Phi) is 3.99. The van der Waals surface area contributed by atoms with Crippen LogP contribution in [0.5, 0.6) is 0 Å². The minimum Gasteiger partial charge on any atom is -0.347 e. The van der Waals surface area contributed by atoms with E-state index in [9.17, 15) is 4.79 Å². The third kappa shape index (κ3) is 3.11. The molecule has 94 valence electrons. The van der Waals surface area contributed by atoms with Crippen LogP contribution in [0, 0.1) is 0 Å². The maximum Gasteiger partial charge on any atom is 0.272 e. The zero-order chi connectivity index (χ0) is 13.0. The average molecular weight is 264 g/mol. The average Bonchev–Trinajstić information content (AvgIpc) is 2.83. The van der Waals surface area contributed by atoms with Crippen LogP contribution in [0.4, 0.5) is 0 Å². The van der Waals surface area contributed by atoms with Crippen molar-refractivity contribution in [1.82, 2.24) is 15.1 Å². The van der Waals surface area contributed by atoms with Crippen molar-refractivity contribution in [2.45, 2.75) is 12.4 Å². The fraction of sp³-hybridized carbons (Fsp3) is 0.231. The van der Waals surface area contributed by atoms with Gasteiger partial charge in [-0.15, -0.1) is 11.6 Å². The number of hydrogen-bond donors (Lipinski definition) is 1. The van der Waals surface area contributed by atoms with Gasteiger partial charge in [0.2, 0.25) is 0 Å². The molecule has 1 aromatic heterocycles. The molecule has 1 amide bonds. The number of amides is 1. The van der Waals surface area contributed by atoms with E-state index >= 15 is 0 Å². The topological polar surface area (TPSA) is 46.9 Å². The number of rotatable bonds is 4. The third-order valence-electron chi connectivity index (χ3n) is 2.58. The summed E-state index contributed by atoms with van der Waals surface area (Å²) in [5, 5.41) is 6.86. The number of alkyl halides is 1. The van der Waals surface area contributed by atoms with Crippen molar-refractivity contribution in [1.29, 1.82) is 0 Å². The molecule has 0 unspecified atom stereocenters. The van der Waals surface area contributed by atoms with Gasteiger partial charge in [0.05, 0.1) is 0 Å². The zero-order valence-corrected chi connectivity index (χ0v) is 10.8. The molecule has 1 N–H and O–H groups in total. The second-order valence-electron chi connectivity index (χ2n) is 4.01. The Hall–Kier alpha value is -1.81. The van der Waals surface area contributed by atoms with E-state index in [1.54, 1.807) is 24.0 Å². The summed E-state index contributed by atoms with van der Waals surface area (Å²) in [5.41, 5.74) is 2.53. The van der Waals surface area contributed by atoms with Crippen molar-refractivity contribution >= 4 is 17.5 Å². The SMILES string of the molecule is Cn1ccc(C(=O)NCc2ccc(CCl)cc2)n1. The molecule has 0 bridgehead atoms. The molecule has 0 fully saturated rings. The van der Waals surface area contributed by atoms with Gasteiger partial charge >= 0.3 is 0 Å². The van der Waals surface area contributed by atoms with Crippen LogP contribution in [0.3, 0.4) is 0 Å². The molecule has 0 aliphatic carbocycles. The Morgan fingerprint density at radius 1 is 1.28 bits per heavy atom. The van der Waals surface area contributed by atoms with E-state index in [-0.39, 0.29) is 5.91 Å². The Balaban J connectivity index is 1.92. The Bertz CT molecular complexity index is 533. The molecule has 5 heteroatoms. The van der Waals surface area contributed by atoms with Gasteiger partial charge < -0.3 is 5.32 Å². The van der Waals surface area contributed by atoms with Crippen molar-refractivity contribution in [2.24, 2.45) is 7.05 Å². The number of carbonyl (C=O) groups is 1. The van der Waals surface area contributed by atoms with Gasteiger partial charge in [-0.05, 0) is 17.2 Å². The smallest absolute Gasteiger partial charge is 0.272 e. The molecule has 0 saturated carbocycles. The highest BCUT2D eigenvalue weighted by Gasteiger charge is 2.07. The molecule has 0 aliphatic heterocycles. The standard InChI is InChI=1S/C13H14ClN3O/c1-17-7-6-12(16-17)13(18)15-9-11-4-2-10(8-14)3-5-11/h2-7H,8-9H2,1H3,(H,15,18). The largest absolute Gasteiger partial charge is 0.347 e. The van der Waals surface area contributed by atoms with Crippen molar-refractivity contribution in [2.75, 3.05) is 0 Å². The summed E-state index contributed by atoms with van der Waals surface area (Å²) in [7, 11) is 1.78. The minimum atomic E-state index is -0.169. The molecular weight excluding hydrogens is 250 g/mol. The van der Waals surface area contributed by atoms with Crippen LogP contribution in [-0.2, 0) is 19.5 Å². The van der Waals surface area contributed by atoms with Crippen molar-refractivity contribution in [3.8, 4) is 0 Å². The third-order valence-corrected chi connectivity index (χ3v) is 2.89. The van der Waals surface area contributed by atoms with Crippen LogP contribution in [0.25, 0.3) is 0 Å². The summed E-state index contributed by atoms with van der Waals surface area (Å²) in [5.74, 6) is 0.331. The van der Waals surface area contributed by atoms with Gasteiger partial charge in [-0.1, -0.05) is 24.3 Å². The molecule has 18 heavy (non-hydrogen) atoms. The summed E-state index contributed by atoms with van der Waals surface area (Å²) < 4.78 is 1.60. The van der Waals surface area contributed by atoms with Crippen LogP contribution in [0.1, 0.15) is 21.6 Å². The molecule has 0 spiro atoms. The van der Waals surface area contributed by atoms with Gasteiger partial charge in [-0.3, -0.25) is 9.48 Å². The molecule has 0 saturated heterocycles. The number of aromatic nitrogens is 2. The Morgan fingerprint density at radius 2 is 1.94 bits per heavy atom. The zero-order valence-electron chi connectivity index (χ0n) is 10.1. The van der Waals surface area contributed by atoms with Gasteiger partial charge in [-0.2, -0.15) is 5.10 Å². The molecule has 2 rings (SSSR count). The van der Waals surface area contributed by atoms with Gasteiger partial charge in [-0.25, -0.2) is 0 Å². The van der Waals surface area contributed by atoms with E-state index in [4.69, 9.17) is 11.6 Å². The number of nitrogens with zero attached hydrogens (tertiary/aromatic N) is 2. The number of halogens is 1. The molecule has 2 aromatic rings. The normalized spacial score (nSPS) is 10.3. The van der Waals surface area contributed by atoms with Gasteiger partial charge in [0.1, 0.15) is 5.69 Å². The highest BCUT2D eigenvalue weighted by molar-refractivity contribution is 6.17. The lowest BCUT2D eigenvalue weighted by Crippen LogP contribution is -2.23. The molecule has 1 heterocycles. The van der Waals surface area contributed by atoms with Crippen molar-refractivity contribution in [3.63, 3.8) is 0 Å².